The molecule has 78 valence electrons. The van der Waals surface area contributed by atoms with Gasteiger partial charge in [-0.2, -0.15) is 13.2 Å². The molecule has 0 saturated carbocycles. The van der Waals surface area contributed by atoms with Gasteiger partial charge in [-0.1, -0.05) is 17.7 Å². The number of aliphatic hydroxyl groups is 1. The third-order valence-electron chi connectivity index (χ3n) is 1.84. The third kappa shape index (κ3) is 1.83. The summed E-state index contributed by atoms with van der Waals surface area (Å²) in [7, 11) is 0. The van der Waals surface area contributed by atoms with Gasteiger partial charge in [-0.15, -0.1) is 0 Å². The number of nitrogens with zero attached hydrogens (tertiary/aromatic N) is 1. The van der Waals surface area contributed by atoms with Crippen LogP contribution in [0.5, 0.6) is 0 Å². The fourth-order valence-corrected chi connectivity index (χ4v) is 1.21. The lowest BCUT2D eigenvalue weighted by Gasteiger charge is -2.26. The molecule has 14 heavy (non-hydrogen) atoms. The zero-order chi connectivity index (χ0) is 11.0. The zero-order valence-corrected chi connectivity index (χ0v) is 7.89. The summed E-state index contributed by atoms with van der Waals surface area (Å²) < 4.78 is 37.1. The maximum atomic E-state index is 12.4. The van der Waals surface area contributed by atoms with Crippen molar-refractivity contribution in [2.45, 2.75) is 18.7 Å². The molecule has 0 fully saturated rings. The van der Waals surface area contributed by atoms with Crippen molar-refractivity contribution in [2.24, 2.45) is 0 Å². The Bertz CT molecular complexity index is 338. The van der Waals surface area contributed by atoms with E-state index in [1.807, 2.05) is 0 Å². The molecule has 0 bridgehead atoms. The number of hydrogen-bond donors (Lipinski definition) is 1. The van der Waals surface area contributed by atoms with Gasteiger partial charge in [0, 0.05) is 11.8 Å². The molecule has 0 unspecified atom stereocenters. The number of halogens is 4. The summed E-state index contributed by atoms with van der Waals surface area (Å²) in [6, 6.07) is 2.37. The van der Waals surface area contributed by atoms with Crippen LogP contribution in [0.1, 0.15) is 12.5 Å². The van der Waals surface area contributed by atoms with Crippen LogP contribution in [0.25, 0.3) is 0 Å². The largest absolute Gasteiger partial charge is 0.421 e. The highest BCUT2D eigenvalue weighted by Crippen LogP contribution is 2.40. The molecule has 0 aliphatic rings. The second kappa shape index (κ2) is 3.40. The molecule has 1 heterocycles. The van der Waals surface area contributed by atoms with E-state index in [9.17, 15) is 18.3 Å². The second-order valence-corrected chi connectivity index (χ2v) is 3.27. The van der Waals surface area contributed by atoms with Gasteiger partial charge >= 0.3 is 6.18 Å². The predicted octanol–water partition coefficient (Wildman–Crippen LogP) is 2.50. The van der Waals surface area contributed by atoms with Crippen LogP contribution in [0.15, 0.2) is 18.3 Å². The van der Waals surface area contributed by atoms with Crippen molar-refractivity contribution in [2.75, 3.05) is 0 Å². The Kier molecular flexibility index (Phi) is 2.74. The average molecular weight is 226 g/mol. The molecule has 0 saturated heterocycles. The Hall–Kier alpha value is -0.810. The van der Waals surface area contributed by atoms with Crippen LogP contribution < -0.4 is 0 Å². The minimum Gasteiger partial charge on any atom is -0.376 e. The van der Waals surface area contributed by atoms with Gasteiger partial charge in [0.25, 0.3) is 0 Å². The summed E-state index contributed by atoms with van der Waals surface area (Å²) in [6.07, 6.45) is -3.53. The minimum atomic E-state index is -4.78. The summed E-state index contributed by atoms with van der Waals surface area (Å²) in [4.78, 5) is 3.46. The van der Waals surface area contributed by atoms with E-state index in [0.717, 1.165) is 6.07 Å². The SMILES string of the molecule is C[C@](O)(c1cccnc1Cl)C(F)(F)F. The maximum Gasteiger partial charge on any atom is 0.421 e. The highest BCUT2D eigenvalue weighted by Gasteiger charge is 2.52. The van der Waals surface area contributed by atoms with Crippen LogP contribution in [0.2, 0.25) is 5.15 Å². The van der Waals surface area contributed by atoms with E-state index in [4.69, 9.17) is 11.6 Å². The molecule has 0 aromatic carbocycles. The van der Waals surface area contributed by atoms with Crippen molar-refractivity contribution in [1.82, 2.24) is 4.98 Å². The number of alkyl halides is 3. The van der Waals surface area contributed by atoms with Crippen molar-refractivity contribution < 1.29 is 18.3 Å². The van der Waals surface area contributed by atoms with E-state index in [-0.39, 0.29) is 5.15 Å². The van der Waals surface area contributed by atoms with Crippen LogP contribution in [0.3, 0.4) is 0 Å². The van der Waals surface area contributed by atoms with Gasteiger partial charge in [0.2, 0.25) is 0 Å². The van der Waals surface area contributed by atoms with Crippen LogP contribution in [0.4, 0.5) is 13.2 Å². The standard InChI is InChI=1S/C8H7ClF3NO/c1-7(14,8(10,11)12)5-3-2-4-13-6(5)9/h2-4,14H,1H3/t7-/m0/s1. The monoisotopic (exact) mass is 225 g/mol. The van der Waals surface area contributed by atoms with E-state index < -0.39 is 17.3 Å². The number of aromatic nitrogens is 1. The molecular formula is C8H7ClF3NO. The Balaban J connectivity index is 3.23. The van der Waals surface area contributed by atoms with Crippen molar-refractivity contribution in [3.63, 3.8) is 0 Å². The van der Waals surface area contributed by atoms with Crippen molar-refractivity contribution >= 4 is 11.6 Å². The van der Waals surface area contributed by atoms with Gasteiger partial charge in [-0.3, -0.25) is 0 Å². The molecule has 0 aliphatic carbocycles. The lowest BCUT2D eigenvalue weighted by molar-refractivity contribution is -0.258. The quantitative estimate of drug-likeness (QED) is 0.745. The molecule has 0 spiro atoms. The molecule has 2 nitrogen and oxygen atoms in total. The first-order chi connectivity index (χ1) is 6.27. The molecule has 1 aromatic heterocycles. The number of hydrogen-bond acceptors (Lipinski definition) is 2. The van der Waals surface area contributed by atoms with Crippen molar-refractivity contribution in [3.8, 4) is 0 Å². The first-order valence-corrected chi connectivity index (χ1v) is 4.04. The first-order valence-electron chi connectivity index (χ1n) is 3.67. The van der Waals surface area contributed by atoms with Crippen LogP contribution >= 0.6 is 11.6 Å². The summed E-state index contributed by atoms with van der Waals surface area (Å²) >= 11 is 5.44. The Morgan fingerprint density at radius 1 is 1.43 bits per heavy atom. The van der Waals surface area contributed by atoms with E-state index in [0.29, 0.717) is 6.92 Å². The van der Waals surface area contributed by atoms with Crippen LogP contribution in [0, 0.1) is 0 Å². The summed E-state index contributed by atoms with van der Waals surface area (Å²) in [5.74, 6) is 0. The topological polar surface area (TPSA) is 33.1 Å². The molecule has 0 aliphatic heterocycles. The summed E-state index contributed by atoms with van der Waals surface area (Å²) in [5, 5.41) is 8.90. The summed E-state index contributed by atoms with van der Waals surface area (Å²) in [6.45, 7) is 0.635. The van der Waals surface area contributed by atoms with Gasteiger partial charge < -0.3 is 5.11 Å². The molecule has 1 aromatic rings. The Morgan fingerprint density at radius 3 is 2.43 bits per heavy atom. The second-order valence-electron chi connectivity index (χ2n) is 2.91. The lowest BCUT2D eigenvalue weighted by atomic mass is 9.97. The van der Waals surface area contributed by atoms with Gasteiger partial charge in [0.1, 0.15) is 5.15 Å². The zero-order valence-electron chi connectivity index (χ0n) is 7.14. The molecule has 0 amide bonds. The number of pyridine rings is 1. The fraction of sp³-hybridized carbons (Fsp3) is 0.375. The van der Waals surface area contributed by atoms with Crippen molar-refractivity contribution in [1.29, 1.82) is 0 Å². The minimum absolute atomic E-state index is 0.352. The summed E-state index contributed by atoms with van der Waals surface area (Å²) in [5.41, 5.74) is -3.42. The normalized spacial score (nSPS) is 16.4. The maximum absolute atomic E-state index is 12.4. The molecular weight excluding hydrogens is 219 g/mol. The highest BCUT2D eigenvalue weighted by molar-refractivity contribution is 6.30. The fourth-order valence-electron chi connectivity index (χ4n) is 0.902. The van der Waals surface area contributed by atoms with Gasteiger partial charge in [0.15, 0.2) is 5.60 Å². The molecule has 1 atom stereocenters. The molecule has 6 heteroatoms. The smallest absolute Gasteiger partial charge is 0.376 e. The Labute approximate surface area is 83.3 Å². The van der Waals surface area contributed by atoms with E-state index >= 15 is 0 Å². The highest BCUT2D eigenvalue weighted by atomic mass is 35.5. The first kappa shape index (κ1) is 11.3. The van der Waals surface area contributed by atoms with Crippen molar-refractivity contribution in [3.05, 3.63) is 29.0 Å². The molecule has 1 rings (SSSR count). The number of rotatable bonds is 1. The lowest BCUT2D eigenvalue weighted by Crippen LogP contribution is -2.39. The van der Waals surface area contributed by atoms with E-state index in [1.165, 1.54) is 12.3 Å². The van der Waals surface area contributed by atoms with Crippen LogP contribution in [-0.4, -0.2) is 16.3 Å². The van der Waals surface area contributed by atoms with E-state index in [2.05, 4.69) is 4.98 Å². The third-order valence-corrected chi connectivity index (χ3v) is 2.14. The predicted molar refractivity (Wildman–Crippen MR) is 44.9 cm³/mol. The van der Waals surface area contributed by atoms with Gasteiger partial charge in [0.05, 0.1) is 0 Å². The van der Waals surface area contributed by atoms with E-state index in [1.54, 1.807) is 0 Å². The van der Waals surface area contributed by atoms with Crippen LogP contribution in [-0.2, 0) is 5.60 Å². The van der Waals surface area contributed by atoms with Gasteiger partial charge in [-0.05, 0) is 13.0 Å². The van der Waals surface area contributed by atoms with Gasteiger partial charge in [-0.25, -0.2) is 4.98 Å². The molecule has 1 N–H and O–H groups in total. The molecule has 0 radical (unpaired) electrons. The Morgan fingerprint density at radius 2 is 2.00 bits per heavy atom. The average Bonchev–Trinajstić information content (AvgIpc) is 2.02.